The van der Waals surface area contributed by atoms with Gasteiger partial charge in [-0.1, -0.05) is 0 Å². The molecule has 1 amide bonds. The fraction of sp³-hybridized carbons (Fsp3) is 0.667. The van der Waals surface area contributed by atoms with Gasteiger partial charge in [0, 0.05) is 59.1 Å². The van der Waals surface area contributed by atoms with E-state index in [1.165, 1.54) is 0 Å². The Balaban J connectivity index is -0.000000125. The Hall–Kier alpha value is 1.27. The summed E-state index contributed by atoms with van der Waals surface area (Å²) in [5, 5.41) is 0. The predicted octanol–water partition coefficient (Wildman–Crippen LogP) is -0.660. The molecule has 3 nitrogen and oxygen atoms in total. The van der Waals surface area contributed by atoms with E-state index in [0.717, 1.165) is 0 Å². The van der Waals surface area contributed by atoms with Crippen molar-refractivity contribution < 1.29 is 9.53 Å². The second-order valence-corrected chi connectivity index (χ2v) is 0.752. The molecule has 0 aromatic carbocycles. The molecule has 0 aliphatic heterocycles. The molecule has 0 unspecified atom stereocenters. The third-order valence-electron chi connectivity index (χ3n) is 0.287. The molecule has 0 saturated heterocycles. The van der Waals surface area contributed by atoms with Gasteiger partial charge in [0.05, 0.1) is 6.61 Å². The molecule has 0 aromatic rings. The number of rotatable bonds is 1. The molecule has 0 saturated carbocycles. The van der Waals surface area contributed by atoms with Crippen LogP contribution in [0.5, 0.6) is 0 Å². The van der Waals surface area contributed by atoms with Crippen molar-refractivity contribution in [3.8, 4) is 0 Å². The molecule has 0 aliphatic carbocycles. The van der Waals surface area contributed by atoms with Gasteiger partial charge in [-0.3, -0.25) is 0 Å². The number of nitrogens with two attached hydrogens (primary N) is 1. The Morgan fingerprint density at radius 1 is 1.62 bits per heavy atom. The van der Waals surface area contributed by atoms with Crippen LogP contribution in [0.2, 0.25) is 0 Å². The van der Waals surface area contributed by atoms with Gasteiger partial charge in [0.2, 0.25) is 0 Å². The average Bonchev–Trinajstić information content (AvgIpc) is 1.35. The Morgan fingerprint density at radius 3 is 2.00 bits per heavy atom. The smallest absolute Gasteiger partial charge is 0.404 e. The normalized spacial score (nSPS) is 5.62. The van der Waals surface area contributed by atoms with Crippen LogP contribution >= 0.6 is 0 Å². The van der Waals surface area contributed by atoms with Crippen molar-refractivity contribution in [2.24, 2.45) is 5.73 Å². The second-order valence-electron chi connectivity index (χ2n) is 0.752. The van der Waals surface area contributed by atoms with Crippen LogP contribution in [-0.2, 0) is 4.74 Å². The van der Waals surface area contributed by atoms with E-state index in [-0.39, 0.29) is 59.1 Å². The first-order valence-corrected chi connectivity index (χ1v) is 1.69. The summed E-state index contributed by atoms with van der Waals surface area (Å²) >= 11 is 0. The van der Waals surface area contributed by atoms with Crippen LogP contribution in [0.25, 0.3) is 0 Å². The van der Waals surface area contributed by atoms with Crippen LogP contribution in [-0.4, -0.2) is 71.8 Å². The molecule has 0 atom stereocenters. The Bertz CT molecular complexity index is 59.2. The van der Waals surface area contributed by atoms with E-state index in [1.54, 1.807) is 6.92 Å². The number of ether oxygens (including phenoxy) is 1. The van der Waals surface area contributed by atoms with Crippen molar-refractivity contribution in [1.82, 2.24) is 0 Å². The zero-order valence-corrected chi connectivity index (χ0v) is 9.60. The zero-order chi connectivity index (χ0) is 4.99. The number of hydrogen-bond donors (Lipinski definition) is 1. The third kappa shape index (κ3) is 15.7. The molecular formula is C3H7NNa2O2. The summed E-state index contributed by atoms with van der Waals surface area (Å²) in [6, 6.07) is 0. The first-order chi connectivity index (χ1) is 2.77. The zero-order valence-electron chi connectivity index (χ0n) is 5.60. The van der Waals surface area contributed by atoms with Crippen molar-refractivity contribution in [2.75, 3.05) is 6.61 Å². The summed E-state index contributed by atoms with van der Waals surface area (Å²) in [4.78, 5) is 9.60. The fourth-order valence-electron chi connectivity index (χ4n) is 0.142. The molecule has 0 aliphatic rings. The quantitative estimate of drug-likeness (QED) is 0.485. The Kier molecular flexibility index (Phi) is 22.4. The van der Waals surface area contributed by atoms with Crippen LogP contribution in [0.4, 0.5) is 4.79 Å². The minimum Gasteiger partial charge on any atom is -0.450 e. The van der Waals surface area contributed by atoms with Gasteiger partial charge in [-0.2, -0.15) is 0 Å². The molecule has 0 rings (SSSR count). The van der Waals surface area contributed by atoms with Gasteiger partial charge in [-0.05, 0) is 6.92 Å². The fourth-order valence-corrected chi connectivity index (χ4v) is 0.142. The molecule has 0 bridgehead atoms. The Labute approximate surface area is 92.9 Å². The van der Waals surface area contributed by atoms with Gasteiger partial charge < -0.3 is 10.5 Å². The van der Waals surface area contributed by atoms with Crippen molar-refractivity contribution in [1.29, 1.82) is 0 Å². The van der Waals surface area contributed by atoms with Gasteiger partial charge in [-0.15, -0.1) is 0 Å². The summed E-state index contributed by atoms with van der Waals surface area (Å²) in [6.45, 7) is 2.06. The van der Waals surface area contributed by atoms with Gasteiger partial charge in [0.15, 0.2) is 0 Å². The minimum absolute atomic E-state index is 0. The standard InChI is InChI=1S/C3H7NO2.2Na/c1-2-6-3(4)5;;/h2H2,1H3,(H2,4,5);;. The van der Waals surface area contributed by atoms with E-state index in [4.69, 9.17) is 0 Å². The third-order valence-corrected chi connectivity index (χ3v) is 0.287. The SMILES string of the molecule is CCOC(N)=O.[Na].[Na]. The predicted molar refractivity (Wildman–Crippen MR) is 32.7 cm³/mol. The maximum absolute atomic E-state index is 9.60. The Morgan fingerprint density at radius 2 is 2.00 bits per heavy atom. The largest absolute Gasteiger partial charge is 0.450 e. The molecule has 0 spiro atoms. The molecule has 0 aromatic heterocycles. The second kappa shape index (κ2) is 11.1. The van der Waals surface area contributed by atoms with Crippen molar-refractivity contribution >= 4 is 65.2 Å². The van der Waals surface area contributed by atoms with E-state index in [1.807, 2.05) is 0 Å². The van der Waals surface area contributed by atoms with Crippen LogP contribution in [0, 0.1) is 0 Å². The maximum atomic E-state index is 9.60. The van der Waals surface area contributed by atoms with Crippen molar-refractivity contribution in [3.63, 3.8) is 0 Å². The molecule has 5 heteroatoms. The molecular weight excluding hydrogens is 128 g/mol. The monoisotopic (exact) mass is 135 g/mol. The summed E-state index contributed by atoms with van der Waals surface area (Å²) in [5.74, 6) is 0. The van der Waals surface area contributed by atoms with Crippen molar-refractivity contribution in [2.45, 2.75) is 6.92 Å². The number of hydrogen-bond acceptors (Lipinski definition) is 2. The van der Waals surface area contributed by atoms with Gasteiger partial charge in [-0.25, -0.2) is 4.79 Å². The van der Waals surface area contributed by atoms with E-state index in [0.29, 0.717) is 6.61 Å². The molecule has 38 valence electrons. The maximum Gasteiger partial charge on any atom is 0.404 e. The number of amides is 1. The minimum atomic E-state index is -0.711. The molecule has 0 heterocycles. The molecule has 0 fully saturated rings. The number of primary amides is 1. The first kappa shape index (κ1) is 16.1. The van der Waals surface area contributed by atoms with Crippen LogP contribution in [0.1, 0.15) is 6.92 Å². The van der Waals surface area contributed by atoms with Gasteiger partial charge in [0.1, 0.15) is 0 Å². The molecule has 2 N–H and O–H groups in total. The number of carbonyl (C=O) groups is 1. The van der Waals surface area contributed by atoms with E-state index in [2.05, 4.69) is 10.5 Å². The van der Waals surface area contributed by atoms with Gasteiger partial charge >= 0.3 is 6.09 Å². The first-order valence-electron chi connectivity index (χ1n) is 1.69. The van der Waals surface area contributed by atoms with E-state index in [9.17, 15) is 4.79 Å². The molecule has 8 heavy (non-hydrogen) atoms. The van der Waals surface area contributed by atoms with Crippen LogP contribution < -0.4 is 5.73 Å². The van der Waals surface area contributed by atoms with Crippen LogP contribution in [0.3, 0.4) is 0 Å². The van der Waals surface area contributed by atoms with Crippen molar-refractivity contribution in [3.05, 3.63) is 0 Å². The number of carbonyl (C=O) groups excluding carboxylic acids is 1. The van der Waals surface area contributed by atoms with E-state index < -0.39 is 6.09 Å². The summed E-state index contributed by atoms with van der Waals surface area (Å²) in [7, 11) is 0. The topological polar surface area (TPSA) is 52.3 Å². The summed E-state index contributed by atoms with van der Waals surface area (Å²) in [6.07, 6.45) is -0.711. The average molecular weight is 135 g/mol. The van der Waals surface area contributed by atoms with E-state index >= 15 is 0 Å². The van der Waals surface area contributed by atoms with Crippen LogP contribution in [0.15, 0.2) is 0 Å². The molecule has 2 radical (unpaired) electrons. The summed E-state index contributed by atoms with van der Waals surface area (Å²) in [5.41, 5.74) is 4.54. The van der Waals surface area contributed by atoms with Gasteiger partial charge in [0.25, 0.3) is 0 Å². The summed E-state index contributed by atoms with van der Waals surface area (Å²) < 4.78 is 4.18.